The fourth-order valence-electron chi connectivity index (χ4n) is 1.98. The average Bonchev–Trinajstić information content (AvgIpc) is 2.38. The number of nitro groups is 1. The van der Waals surface area contributed by atoms with Crippen molar-refractivity contribution in [2.45, 2.75) is 38.5 Å². The second-order valence-corrected chi connectivity index (χ2v) is 6.34. The SMILES string of the molecule is CCC(CC)C(=O)NS(=O)(=O)c1ccc([N+](=O)[O-])cc1C. The summed E-state index contributed by atoms with van der Waals surface area (Å²) in [4.78, 5) is 21.8. The van der Waals surface area contributed by atoms with Gasteiger partial charge >= 0.3 is 0 Å². The topological polar surface area (TPSA) is 106 Å². The first-order valence-electron chi connectivity index (χ1n) is 6.54. The number of non-ortho nitro benzene ring substituents is 1. The summed E-state index contributed by atoms with van der Waals surface area (Å²) in [5, 5.41) is 10.6. The van der Waals surface area contributed by atoms with Crippen LogP contribution in [0, 0.1) is 23.0 Å². The van der Waals surface area contributed by atoms with Gasteiger partial charge in [0.2, 0.25) is 5.91 Å². The third kappa shape index (κ3) is 4.01. The second kappa shape index (κ2) is 6.66. The first kappa shape index (κ1) is 17.1. The third-order valence-corrected chi connectivity index (χ3v) is 4.76. The van der Waals surface area contributed by atoms with Gasteiger partial charge in [0.25, 0.3) is 15.7 Å². The Morgan fingerprint density at radius 1 is 1.33 bits per heavy atom. The number of rotatable bonds is 6. The summed E-state index contributed by atoms with van der Waals surface area (Å²) >= 11 is 0. The molecule has 0 atom stereocenters. The maximum Gasteiger partial charge on any atom is 0.269 e. The Labute approximate surface area is 123 Å². The van der Waals surface area contributed by atoms with Crippen LogP contribution in [0.25, 0.3) is 0 Å². The van der Waals surface area contributed by atoms with Gasteiger partial charge in [-0.2, -0.15) is 0 Å². The molecular formula is C13H18N2O5S. The smallest absolute Gasteiger partial charge is 0.269 e. The van der Waals surface area contributed by atoms with Gasteiger partial charge in [0, 0.05) is 18.1 Å². The van der Waals surface area contributed by atoms with Gasteiger partial charge in [0.1, 0.15) is 0 Å². The number of nitrogens with zero attached hydrogens (tertiary/aromatic N) is 1. The number of hydrogen-bond acceptors (Lipinski definition) is 5. The Bertz CT molecular complexity index is 651. The minimum atomic E-state index is -4.02. The number of nitrogens with one attached hydrogen (secondary N) is 1. The van der Waals surface area contributed by atoms with Crippen molar-refractivity contribution in [2.24, 2.45) is 5.92 Å². The van der Waals surface area contributed by atoms with Gasteiger partial charge in [-0.15, -0.1) is 0 Å². The molecule has 7 nitrogen and oxygen atoms in total. The molecular weight excluding hydrogens is 296 g/mol. The third-order valence-electron chi connectivity index (χ3n) is 3.25. The van der Waals surface area contributed by atoms with Gasteiger partial charge in [-0.05, 0) is 31.4 Å². The zero-order valence-electron chi connectivity index (χ0n) is 12.1. The lowest BCUT2D eigenvalue weighted by Gasteiger charge is -2.14. The van der Waals surface area contributed by atoms with E-state index in [4.69, 9.17) is 0 Å². The first-order chi connectivity index (χ1) is 9.72. The fourth-order valence-corrected chi connectivity index (χ4v) is 3.25. The Balaban J connectivity index is 3.09. The Morgan fingerprint density at radius 3 is 2.33 bits per heavy atom. The van der Waals surface area contributed by atoms with Crippen LogP contribution in [0.2, 0.25) is 0 Å². The molecule has 1 aromatic rings. The molecule has 1 aromatic carbocycles. The Kier molecular flexibility index (Phi) is 5.42. The van der Waals surface area contributed by atoms with Crippen LogP contribution in [-0.2, 0) is 14.8 Å². The van der Waals surface area contributed by atoms with E-state index in [1.807, 2.05) is 4.72 Å². The number of nitro benzene ring substituents is 1. The lowest BCUT2D eigenvalue weighted by molar-refractivity contribution is -0.385. The van der Waals surface area contributed by atoms with Crippen molar-refractivity contribution in [1.29, 1.82) is 0 Å². The molecule has 1 N–H and O–H groups in total. The van der Waals surface area contributed by atoms with E-state index in [1.165, 1.54) is 6.92 Å². The summed E-state index contributed by atoms with van der Waals surface area (Å²) < 4.78 is 26.4. The van der Waals surface area contributed by atoms with Crippen molar-refractivity contribution in [3.8, 4) is 0 Å². The highest BCUT2D eigenvalue weighted by atomic mass is 32.2. The molecule has 0 aliphatic carbocycles. The van der Waals surface area contributed by atoms with Crippen LogP contribution in [0.3, 0.4) is 0 Å². The number of benzene rings is 1. The van der Waals surface area contributed by atoms with Gasteiger partial charge in [0.05, 0.1) is 9.82 Å². The van der Waals surface area contributed by atoms with Crippen molar-refractivity contribution in [3.63, 3.8) is 0 Å². The monoisotopic (exact) mass is 314 g/mol. The molecule has 0 radical (unpaired) electrons. The summed E-state index contributed by atoms with van der Waals surface area (Å²) in [6.07, 6.45) is 1.08. The molecule has 0 bridgehead atoms. The van der Waals surface area contributed by atoms with Gasteiger partial charge < -0.3 is 0 Å². The molecule has 0 heterocycles. The average molecular weight is 314 g/mol. The largest absolute Gasteiger partial charge is 0.274 e. The van der Waals surface area contributed by atoms with E-state index in [2.05, 4.69) is 0 Å². The lowest BCUT2D eigenvalue weighted by Crippen LogP contribution is -2.35. The van der Waals surface area contributed by atoms with Crippen molar-refractivity contribution in [1.82, 2.24) is 4.72 Å². The number of aryl methyl sites for hydroxylation is 1. The van der Waals surface area contributed by atoms with Crippen LogP contribution < -0.4 is 4.72 Å². The van der Waals surface area contributed by atoms with Gasteiger partial charge in [0.15, 0.2) is 0 Å². The molecule has 0 unspecified atom stereocenters. The number of carbonyl (C=O) groups excluding carboxylic acids is 1. The number of carbonyl (C=O) groups is 1. The zero-order valence-corrected chi connectivity index (χ0v) is 12.9. The summed E-state index contributed by atoms with van der Waals surface area (Å²) in [5.74, 6) is -0.934. The van der Waals surface area contributed by atoms with E-state index in [1.54, 1.807) is 13.8 Å². The molecule has 0 aliphatic heterocycles. The highest BCUT2D eigenvalue weighted by molar-refractivity contribution is 7.90. The predicted octanol–water partition coefficient (Wildman–Crippen LogP) is 2.14. The molecule has 0 fully saturated rings. The van der Waals surface area contributed by atoms with E-state index in [-0.39, 0.29) is 22.1 Å². The molecule has 0 spiro atoms. The fraction of sp³-hybridized carbons (Fsp3) is 0.462. The Hall–Kier alpha value is -1.96. The number of hydrogen-bond donors (Lipinski definition) is 1. The number of sulfonamides is 1. The van der Waals surface area contributed by atoms with Crippen LogP contribution in [0.4, 0.5) is 5.69 Å². The molecule has 1 amide bonds. The molecule has 116 valence electrons. The molecule has 0 saturated carbocycles. The lowest BCUT2D eigenvalue weighted by atomic mass is 10.0. The first-order valence-corrected chi connectivity index (χ1v) is 8.03. The zero-order chi connectivity index (χ0) is 16.2. The van der Waals surface area contributed by atoms with Crippen LogP contribution in [0.15, 0.2) is 23.1 Å². The highest BCUT2D eigenvalue weighted by Gasteiger charge is 2.24. The van der Waals surface area contributed by atoms with E-state index in [0.717, 1.165) is 18.2 Å². The molecule has 21 heavy (non-hydrogen) atoms. The predicted molar refractivity (Wildman–Crippen MR) is 77.2 cm³/mol. The molecule has 8 heteroatoms. The van der Waals surface area contributed by atoms with Crippen LogP contribution >= 0.6 is 0 Å². The minimum Gasteiger partial charge on any atom is -0.274 e. The maximum atomic E-state index is 12.2. The second-order valence-electron chi connectivity index (χ2n) is 4.69. The number of amides is 1. The van der Waals surface area contributed by atoms with Crippen LogP contribution in [0.5, 0.6) is 0 Å². The molecule has 1 rings (SSSR count). The van der Waals surface area contributed by atoms with Crippen molar-refractivity contribution in [2.75, 3.05) is 0 Å². The normalized spacial score (nSPS) is 11.4. The molecule has 0 saturated heterocycles. The van der Waals surface area contributed by atoms with Gasteiger partial charge in [-0.25, -0.2) is 13.1 Å². The van der Waals surface area contributed by atoms with Gasteiger partial charge in [-0.3, -0.25) is 14.9 Å². The van der Waals surface area contributed by atoms with Crippen molar-refractivity contribution < 1.29 is 18.1 Å². The minimum absolute atomic E-state index is 0.132. The van der Waals surface area contributed by atoms with Crippen LogP contribution in [-0.4, -0.2) is 19.2 Å². The Morgan fingerprint density at radius 2 is 1.90 bits per heavy atom. The van der Waals surface area contributed by atoms with E-state index >= 15 is 0 Å². The van der Waals surface area contributed by atoms with Crippen molar-refractivity contribution in [3.05, 3.63) is 33.9 Å². The molecule has 0 aliphatic rings. The quantitative estimate of drug-likeness (QED) is 0.639. The van der Waals surface area contributed by atoms with Crippen molar-refractivity contribution >= 4 is 21.6 Å². The van der Waals surface area contributed by atoms with E-state index in [9.17, 15) is 23.3 Å². The van der Waals surface area contributed by atoms with E-state index in [0.29, 0.717) is 12.8 Å². The maximum absolute atomic E-state index is 12.2. The van der Waals surface area contributed by atoms with Gasteiger partial charge in [-0.1, -0.05) is 13.8 Å². The van der Waals surface area contributed by atoms with E-state index < -0.39 is 20.9 Å². The standard InChI is InChI=1S/C13H18N2O5S/c1-4-10(5-2)13(16)14-21(19,20)12-7-6-11(15(17)18)8-9(12)3/h6-8,10H,4-5H2,1-3H3,(H,14,16). The summed E-state index contributed by atoms with van der Waals surface area (Å²) in [6, 6.07) is 3.40. The highest BCUT2D eigenvalue weighted by Crippen LogP contribution is 2.21. The summed E-state index contributed by atoms with van der Waals surface area (Å²) in [5.41, 5.74) is 0.0202. The summed E-state index contributed by atoms with van der Waals surface area (Å²) in [7, 11) is -4.02. The van der Waals surface area contributed by atoms with Crippen LogP contribution in [0.1, 0.15) is 32.3 Å². The molecule has 0 aromatic heterocycles. The summed E-state index contributed by atoms with van der Waals surface area (Å²) in [6.45, 7) is 5.05.